The van der Waals surface area contributed by atoms with Crippen molar-refractivity contribution in [2.24, 2.45) is 0 Å². The number of imidazole rings is 1. The van der Waals surface area contributed by atoms with E-state index in [4.69, 9.17) is 11.6 Å². The van der Waals surface area contributed by atoms with Crippen LogP contribution in [0.1, 0.15) is 32.5 Å². The summed E-state index contributed by atoms with van der Waals surface area (Å²) in [5.74, 6) is 0.649. The van der Waals surface area contributed by atoms with Crippen LogP contribution in [0.2, 0.25) is 5.02 Å². The lowest BCUT2D eigenvalue weighted by molar-refractivity contribution is 0.242. The van der Waals surface area contributed by atoms with Crippen LogP contribution in [0.25, 0.3) is 22.3 Å². The van der Waals surface area contributed by atoms with Gasteiger partial charge in [-0.15, -0.1) is 0 Å². The van der Waals surface area contributed by atoms with Gasteiger partial charge in [-0.2, -0.15) is 0 Å². The fourth-order valence-corrected chi connectivity index (χ4v) is 2.60. The Morgan fingerprint density at radius 3 is 2.78 bits per heavy atom. The predicted molar refractivity (Wildman–Crippen MR) is 90.9 cm³/mol. The minimum atomic E-state index is -0.208. The van der Waals surface area contributed by atoms with Crippen LogP contribution in [0, 0.1) is 0 Å². The van der Waals surface area contributed by atoms with Crippen molar-refractivity contribution < 1.29 is 4.79 Å². The van der Waals surface area contributed by atoms with Crippen molar-refractivity contribution in [3.63, 3.8) is 0 Å². The summed E-state index contributed by atoms with van der Waals surface area (Å²) in [6.07, 6.45) is 2.58. The van der Waals surface area contributed by atoms with E-state index < -0.39 is 0 Å². The molecule has 0 unspecified atom stereocenters. The second-order valence-corrected chi connectivity index (χ2v) is 5.74. The Balaban J connectivity index is 2.11. The Morgan fingerprint density at radius 1 is 1.22 bits per heavy atom. The number of unbranched alkanes of at least 4 members (excludes halogenated alkanes) is 1. The van der Waals surface area contributed by atoms with Gasteiger partial charge in [-0.3, -0.25) is 0 Å². The predicted octanol–water partition coefficient (Wildman–Crippen LogP) is 3.55. The molecule has 0 saturated carbocycles. The number of nitrogens with one attached hydrogen (secondary N) is 1. The lowest BCUT2D eigenvalue weighted by Crippen LogP contribution is -2.30. The molecule has 0 radical (unpaired) electrons. The molecule has 0 fully saturated rings. The van der Waals surface area contributed by atoms with Gasteiger partial charge < -0.3 is 5.32 Å². The first-order valence-corrected chi connectivity index (χ1v) is 8.14. The third kappa shape index (κ3) is 2.99. The Hall–Kier alpha value is -2.21. The number of nitrogens with zero attached hydrogens (tertiary/aromatic N) is 4. The molecule has 2 heterocycles. The molecule has 3 aromatic rings. The molecular formula is C16H18ClN5O. The molecule has 120 valence electrons. The molecule has 0 spiro atoms. The molecule has 0 bridgehead atoms. The highest BCUT2D eigenvalue weighted by atomic mass is 35.5. The minimum absolute atomic E-state index is 0.208. The van der Waals surface area contributed by atoms with Gasteiger partial charge in [-0.05, 0) is 24.6 Å². The number of benzene rings is 1. The Kier molecular flexibility index (Phi) is 4.43. The van der Waals surface area contributed by atoms with Crippen LogP contribution in [-0.2, 0) is 6.42 Å². The molecule has 6 nitrogen and oxygen atoms in total. The maximum Gasteiger partial charge on any atom is 0.328 e. The summed E-state index contributed by atoms with van der Waals surface area (Å²) in [6.45, 7) is 4.67. The van der Waals surface area contributed by atoms with Crippen molar-refractivity contribution in [2.75, 3.05) is 6.54 Å². The van der Waals surface area contributed by atoms with Crippen molar-refractivity contribution >= 4 is 40.0 Å². The van der Waals surface area contributed by atoms with E-state index in [0.29, 0.717) is 46.1 Å². The van der Waals surface area contributed by atoms with Gasteiger partial charge in [0.1, 0.15) is 5.82 Å². The number of aryl methyl sites for hydroxylation is 1. The van der Waals surface area contributed by atoms with Gasteiger partial charge in [0.2, 0.25) is 0 Å². The third-order valence-electron chi connectivity index (χ3n) is 3.62. The molecule has 1 amide bonds. The SMILES string of the molecule is CCCCNC(=O)n1c(CC)nc2nc3cc(Cl)ccc3nc21. The molecule has 0 saturated heterocycles. The van der Waals surface area contributed by atoms with Gasteiger partial charge in [-0.25, -0.2) is 24.3 Å². The summed E-state index contributed by atoms with van der Waals surface area (Å²) in [7, 11) is 0. The fraction of sp³-hybridized carbons (Fsp3) is 0.375. The average molecular weight is 332 g/mol. The smallest absolute Gasteiger partial charge is 0.328 e. The summed E-state index contributed by atoms with van der Waals surface area (Å²) in [6, 6.07) is 5.09. The first kappa shape index (κ1) is 15.7. The Morgan fingerprint density at radius 2 is 2.04 bits per heavy atom. The number of halogens is 1. The summed E-state index contributed by atoms with van der Waals surface area (Å²) in [5, 5.41) is 3.50. The van der Waals surface area contributed by atoms with Crippen molar-refractivity contribution in [1.29, 1.82) is 0 Å². The van der Waals surface area contributed by atoms with Gasteiger partial charge in [0.05, 0.1) is 11.0 Å². The zero-order valence-electron chi connectivity index (χ0n) is 13.1. The van der Waals surface area contributed by atoms with E-state index in [-0.39, 0.29) is 6.03 Å². The molecule has 0 atom stereocenters. The van der Waals surface area contributed by atoms with Gasteiger partial charge in [0.15, 0.2) is 11.3 Å². The van der Waals surface area contributed by atoms with Gasteiger partial charge in [0, 0.05) is 18.0 Å². The van der Waals surface area contributed by atoms with Crippen LogP contribution in [0.3, 0.4) is 0 Å². The van der Waals surface area contributed by atoms with E-state index in [9.17, 15) is 4.79 Å². The van der Waals surface area contributed by atoms with Crippen molar-refractivity contribution in [3.05, 3.63) is 29.0 Å². The van der Waals surface area contributed by atoms with E-state index in [1.54, 1.807) is 18.2 Å². The van der Waals surface area contributed by atoms with E-state index in [2.05, 4.69) is 27.2 Å². The first-order valence-electron chi connectivity index (χ1n) is 7.76. The van der Waals surface area contributed by atoms with Crippen LogP contribution in [0.15, 0.2) is 18.2 Å². The molecule has 0 aliphatic carbocycles. The van der Waals surface area contributed by atoms with Crippen LogP contribution in [0.5, 0.6) is 0 Å². The van der Waals surface area contributed by atoms with Gasteiger partial charge >= 0.3 is 6.03 Å². The third-order valence-corrected chi connectivity index (χ3v) is 3.86. The summed E-state index contributed by atoms with van der Waals surface area (Å²) < 4.78 is 1.52. The topological polar surface area (TPSA) is 72.7 Å². The number of hydrogen-bond acceptors (Lipinski definition) is 4. The maximum absolute atomic E-state index is 12.5. The van der Waals surface area contributed by atoms with Crippen LogP contribution in [0.4, 0.5) is 4.79 Å². The van der Waals surface area contributed by atoms with Crippen LogP contribution >= 0.6 is 11.6 Å². The number of fused-ring (bicyclic) bond motifs is 2. The van der Waals surface area contributed by atoms with E-state index >= 15 is 0 Å². The zero-order valence-corrected chi connectivity index (χ0v) is 13.9. The quantitative estimate of drug-likeness (QED) is 0.742. The van der Waals surface area contributed by atoms with Gasteiger partial charge in [0.25, 0.3) is 0 Å². The molecule has 0 aliphatic rings. The standard InChI is InChI=1S/C16H18ClN5O/c1-3-5-8-18-16(23)22-13(4-2)21-14-15(22)20-11-7-6-10(17)9-12(11)19-14/h6-7,9H,3-5,8H2,1-2H3,(H,18,23). The summed E-state index contributed by atoms with van der Waals surface area (Å²) in [5.41, 5.74) is 2.30. The molecule has 2 aromatic heterocycles. The van der Waals surface area contributed by atoms with Crippen LogP contribution in [-0.4, -0.2) is 32.1 Å². The number of rotatable bonds is 4. The van der Waals surface area contributed by atoms with Crippen molar-refractivity contribution in [2.45, 2.75) is 33.1 Å². The summed E-state index contributed by atoms with van der Waals surface area (Å²) in [4.78, 5) is 26.0. The van der Waals surface area contributed by atoms with E-state index in [0.717, 1.165) is 12.8 Å². The Labute approximate surface area is 138 Å². The fourth-order valence-electron chi connectivity index (χ4n) is 2.43. The van der Waals surface area contributed by atoms with Crippen LogP contribution < -0.4 is 5.32 Å². The number of amides is 1. The molecular weight excluding hydrogens is 314 g/mol. The van der Waals surface area contributed by atoms with Crippen molar-refractivity contribution in [3.8, 4) is 0 Å². The number of hydrogen-bond donors (Lipinski definition) is 1. The molecule has 0 aliphatic heterocycles. The molecule has 1 N–H and O–H groups in total. The molecule has 23 heavy (non-hydrogen) atoms. The molecule has 1 aromatic carbocycles. The lowest BCUT2D eigenvalue weighted by atomic mass is 10.3. The largest absolute Gasteiger partial charge is 0.337 e. The number of carbonyl (C=O) groups is 1. The highest BCUT2D eigenvalue weighted by Gasteiger charge is 2.18. The second-order valence-electron chi connectivity index (χ2n) is 5.31. The Bertz CT molecular complexity index is 874. The maximum atomic E-state index is 12.5. The molecule has 3 rings (SSSR count). The highest BCUT2D eigenvalue weighted by Crippen LogP contribution is 2.20. The number of aromatic nitrogens is 4. The summed E-state index contributed by atoms with van der Waals surface area (Å²) >= 11 is 6.00. The normalized spacial score (nSPS) is 11.3. The van der Waals surface area contributed by atoms with Crippen molar-refractivity contribution in [1.82, 2.24) is 24.8 Å². The van der Waals surface area contributed by atoms with E-state index in [1.165, 1.54) is 4.57 Å². The second kappa shape index (κ2) is 6.50. The monoisotopic (exact) mass is 331 g/mol. The molecule has 7 heteroatoms. The lowest BCUT2D eigenvalue weighted by Gasteiger charge is -2.08. The minimum Gasteiger partial charge on any atom is -0.337 e. The highest BCUT2D eigenvalue weighted by molar-refractivity contribution is 6.31. The number of carbonyl (C=O) groups excluding carboxylic acids is 1. The van der Waals surface area contributed by atoms with E-state index in [1.807, 2.05) is 6.92 Å². The first-order chi connectivity index (χ1) is 11.1. The average Bonchev–Trinajstić information content (AvgIpc) is 2.90. The van der Waals surface area contributed by atoms with Gasteiger partial charge in [-0.1, -0.05) is 31.9 Å². The zero-order chi connectivity index (χ0) is 16.4.